The second-order valence-corrected chi connectivity index (χ2v) is 8.90. The van der Waals surface area contributed by atoms with Crippen molar-refractivity contribution in [3.8, 4) is 11.8 Å². The summed E-state index contributed by atoms with van der Waals surface area (Å²) in [6.45, 7) is 3.62. The second kappa shape index (κ2) is 9.69. The van der Waals surface area contributed by atoms with Crippen LogP contribution in [0, 0.1) is 25.2 Å². The highest BCUT2D eigenvalue weighted by Gasteiger charge is 2.19. The second-order valence-electron chi connectivity index (χ2n) is 6.94. The molecule has 0 bridgehead atoms. The van der Waals surface area contributed by atoms with E-state index in [-0.39, 0.29) is 21.8 Å². The van der Waals surface area contributed by atoms with Crippen molar-refractivity contribution in [1.82, 2.24) is 0 Å². The van der Waals surface area contributed by atoms with E-state index in [1.807, 2.05) is 13.0 Å². The summed E-state index contributed by atoms with van der Waals surface area (Å²) in [5.74, 6) is -0.692. The molecule has 0 heterocycles. The van der Waals surface area contributed by atoms with Gasteiger partial charge in [-0.1, -0.05) is 59.6 Å². The van der Waals surface area contributed by atoms with E-state index < -0.39 is 16.0 Å². The number of nitrogens with one attached hydrogen (secondary N) is 1. The van der Waals surface area contributed by atoms with Crippen LogP contribution in [-0.2, 0) is 14.9 Å². The Morgan fingerprint density at radius 1 is 1.03 bits per heavy atom. The van der Waals surface area contributed by atoms with E-state index in [2.05, 4.69) is 5.32 Å². The van der Waals surface area contributed by atoms with Gasteiger partial charge in [0, 0.05) is 5.56 Å². The number of nitriles is 1. The quantitative estimate of drug-likeness (QED) is 0.303. The van der Waals surface area contributed by atoms with Crippen molar-refractivity contribution in [3.63, 3.8) is 0 Å². The van der Waals surface area contributed by atoms with Gasteiger partial charge < -0.3 is 9.50 Å². The molecule has 0 radical (unpaired) electrons. The zero-order chi connectivity index (χ0) is 23.3. The lowest BCUT2D eigenvalue weighted by molar-refractivity contribution is -0.112. The molecule has 8 heteroatoms. The fraction of sp³-hybridized carbons (Fsp3) is 0.0833. The first kappa shape index (κ1) is 23.1. The maximum absolute atomic E-state index is 12.7. The zero-order valence-electron chi connectivity index (χ0n) is 17.3. The molecule has 0 spiro atoms. The molecular weight excluding hydrogens is 448 g/mol. The number of hydrogen-bond acceptors (Lipinski definition) is 5. The first-order valence-corrected chi connectivity index (χ1v) is 11.3. The molecule has 0 aliphatic heterocycles. The number of para-hydroxylation sites is 2. The van der Waals surface area contributed by atoms with Crippen LogP contribution in [-0.4, -0.2) is 14.3 Å². The van der Waals surface area contributed by atoms with Gasteiger partial charge in [-0.15, -0.1) is 0 Å². The number of benzene rings is 3. The Hall–Kier alpha value is -3.60. The molecule has 32 heavy (non-hydrogen) atoms. The molecule has 162 valence electrons. The molecule has 3 aromatic rings. The summed E-state index contributed by atoms with van der Waals surface area (Å²) < 4.78 is 30.6. The number of carbonyl (C=O) groups excluding carboxylic acids is 1. The molecule has 0 saturated carbocycles. The smallest absolute Gasteiger partial charge is 0.339 e. The van der Waals surface area contributed by atoms with Crippen LogP contribution in [0.25, 0.3) is 6.08 Å². The van der Waals surface area contributed by atoms with Crippen LogP contribution >= 0.6 is 11.6 Å². The van der Waals surface area contributed by atoms with Crippen molar-refractivity contribution >= 4 is 39.4 Å². The molecule has 1 amide bonds. The summed E-state index contributed by atoms with van der Waals surface area (Å²) in [6.07, 6.45) is 1.27. The number of rotatable bonds is 6. The van der Waals surface area contributed by atoms with E-state index in [0.29, 0.717) is 10.7 Å². The Morgan fingerprint density at radius 3 is 2.38 bits per heavy atom. The van der Waals surface area contributed by atoms with E-state index in [0.717, 1.165) is 11.1 Å². The molecule has 0 aliphatic carbocycles. The minimum atomic E-state index is -4.11. The minimum absolute atomic E-state index is 0.00525. The largest absolute Gasteiger partial charge is 0.378 e. The van der Waals surface area contributed by atoms with Gasteiger partial charge in [0.2, 0.25) is 0 Å². The van der Waals surface area contributed by atoms with E-state index in [9.17, 15) is 18.5 Å². The Bertz CT molecular complexity index is 1320. The molecule has 0 unspecified atom stereocenters. The third kappa shape index (κ3) is 5.35. The predicted molar refractivity (Wildman–Crippen MR) is 124 cm³/mol. The number of aryl methyl sites for hydroxylation is 2. The first-order chi connectivity index (χ1) is 15.2. The van der Waals surface area contributed by atoms with Crippen LogP contribution in [0.5, 0.6) is 5.75 Å². The molecule has 0 atom stereocenters. The van der Waals surface area contributed by atoms with E-state index >= 15 is 0 Å². The SMILES string of the molecule is Cc1ccc(S(=O)(=O)Oc2ccccc2/C=C(\C#N)C(=O)Nc2c(C)cccc2Cl)cc1. The molecule has 3 rings (SSSR count). The average molecular weight is 467 g/mol. The lowest BCUT2D eigenvalue weighted by atomic mass is 10.1. The number of carbonyl (C=O) groups is 1. The van der Waals surface area contributed by atoms with Crippen LogP contribution in [0.1, 0.15) is 16.7 Å². The van der Waals surface area contributed by atoms with E-state index in [1.54, 1.807) is 55.5 Å². The molecule has 1 N–H and O–H groups in total. The van der Waals surface area contributed by atoms with Crippen LogP contribution in [0.2, 0.25) is 5.02 Å². The highest BCUT2D eigenvalue weighted by atomic mass is 35.5. The minimum Gasteiger partial charge on any atom is -0.378 e. The number of amides is 1. The maximum atomic E-state index is 12.7. The maximum Gasteiger partial charge on any atom is 0.339 e. The van der Waals surface area contributed by atoms with Gasteiger partial charge in [0.1, 0.15) is 22.3 Å². The van der Waals surface area contributed by atoms with Gasteiger partial charge in [-0.2, -0.15) is 13.7 Å². The molecule has 0 fully saturated rings. The van der Waals surface area contributed by atoms with Gasteiger partial charge in [0.05, 0.1) is 10.7 Å². The number of halogens is 1. The Morgan fingerprint density at radius 2 is 1.72 bits per heavy atom. The molecule has 6 nitrogen and oxygen atoms in total. The highest BCUT2D eigenvalue weighted by molar-refractivity contribution is 7.87. The van der Waals surface area contributed by atoms with Crippen molar-refractivity contribution in [2.75, 3.05) is 5.32 Å². The number of hydrogen-bond donors (Lipinski definition) is 1. The van der Waals surface area contributed by atoms with Gasteiger partial charge in [0.25, 0.3) is 5.91 Å². The topological polar surface area (TPSA) is 96.3 Å². The van der Waals surface area contributed by atoms with E-state index in [1.165, 1.54) is 24.3 Å². The highest BCUT2D eigenvalue weighted by Crippen LogP contribution is 2.28. The summed E-state index contributed by atoms with van der Waals surface area (Å²) in [5.41, 5.74) is 2.05. The predicted octanol–water partition coefficient (Wildman–Crippen LogP) is 5.27. The van der Waals surface area contributed by atoms with Crippen molar-refractivity contribution in [2.45, 2.75) is 18.7 Å². The van der Waals surface area contributed by atoms with Crippen molar-refractivity contribution < 1.29 is 17.4 Å². The lowest BCUT2D eigenvalue weighted by Gasteiger charge is -2.11. The monoisotopic (exact) mass is 466 g/mol. The van der Waals surface area contributed by atoms with Crippen LogP contribution in [0.15, 0.2) is 77.2 Å². The molecular formula is C24H19ClN2O4S. The first-order valence-electron chi connectivity index (χ1n) is 9.50. The Balaban J connectivity index is 1.92. The molecule has 0 aliphatic rings. The fourth-order valence-corrected chi connectivity index (χ4v) is 4.04. The van der Waals surface area contributed by atoms with Crippen molar-refractivity contribution in [1.29, 1.82) is 5.26 Å². The van der Waals surface area contributed by atoms with Gasteiger partial charge in [-0.25, -0.2) is 0 Å². The summed E-state index contributed by atoms with van der Waals surface area (Å²) in [6, 6.07) is 19.4. The third-order valence-electron chi connectivity index (χ3n) is 4.55. The summed E-state index contributed by atoms with van der Waals surface area (Å²) >= 11 is 6.14. The fourth-order valence-electron chi connectivity index (χ4n) is 2.82. The normalized spacial score (nSPS) is 11.5. The van der Waals surface area contributed by atoms with Crippen molar-refractivity contribution in [3.05, 3.63) is 94.0 Å². The summed E-state index contributed by atoms with van der Waals surface area (Å²) in [5, 5.41) is 12.5. The summed E-state index contributed by atoms with van der Waals surface area (Å²) in [4.78, 5) is 12.7. The standard InChI is InChI=1S/C24H19ClN2O4S/c1-16-10-12-20(13-11-16)32(29,30)31-22-9-4-3-7-18(22)14-19(15-26)24(28)27-23-17(2)6-5-8-21(23)25/h3-14H,1-2H3,(H,27,28)/b19-14+. The Labute approximate surface area is 191 Å². The third-order valence-corrected chi connectivity index (χ3v) is 6.12. The van der Waals surface area contributed by atoms with Gasteiger partial charge in [-0.3, -0.25) is 4.79 Å². The number of nitrogens with zero attached hydrogens (tertiary/aromatic N) is 1. The molecule has 0 saturated heterocycles. The average Bonchev–Trinajstić information content (AvgIpc) is 2.75. The van der Waals surface area contributed by atoms with Crippen LogP contribution in [0.3, 0.4) is 0 Å². The van der Waals surface area contributed by atoms with E-state index in [4.69, 9.17) is 15.8 Å². The van der Waals surface area contributed by atoms with Crippen molar-refractivity contribution in [2.24, 2.45) is 0 Å². The van der Waals surface area contributed by atoms with Gasteiger partial charge in [-0.05, 0) is 49.8 Å². The van der Waals surface area contributed by atoms with Crippen LogP contribution < -0.4 is 9.50 Å². The number of anilines is 1. The Kier molecular flexibility index (Phi) is 6.98. The molecule has 0 aromatic heterocycles. The van der Waals surface area contributed by atoms with Gasteiger partial charge >= 0.3 is 10.1 Å². The van der Waals surface area contributed by atoms with Gasteiger partial charge in [0.15, 0.2) is 0 Å². The van der Waals surface area contributed by atoms with Crippen LogP contribution in [0.4, 0.5) is 5.69 Å². The zero-order valence-corrected chi connectivity index (χ0v) is 18.9. The molecule has 3 aromatic carbocycles. The lowest BCUT2D eigenvalue weighted by Crippen LogP contribution is -2.15. The summed E-state index contributed by atoms with van der Waals surface area (Å²) in [7, 11) is -4.11.